The van der Waals surface area contributed by atoms with E-state index >= 15 is 0 Å². The second-order valence-electron chi connectivity index (χ2n) is 8.55. The van der Waals surface area contributed by atoms with Crippen LogP contribution in [-0.4, -0.2) is 32.5 Å². The van der Waals surface area contributed by atoms with Crippen molar-refractivity contribution in [1.29, 1.82) is 0 Å². The maximum Gasteiger partial charge on any atom is 0.294 e. The molecule has 0 aliphatic rings. The van der Waals surface area contributed by atoms with Crippen LogP contribution in [0.4, 0.5) is 5.69 Å². The summed E-state index contributed by atoms with van der Waals surface area (Å²) in [5.41, 5.74) is 3.67. The fraction of sp³-hybridized carbons (Fsp3) is 0.143. The van der Waals surface area contributed by atoms with Crippen LogP contribution in [-0.2, 0) is 26.8 Å². The third-order valence-corrected chi connectivity index (χ3v) is 7.95. The Balaban J connectivity index is 1.97. The second kappa shape index (κ2) is 10.9. The van der Waals surface area contributed by atoms with Gasteiger partial charge in [0.15, 0.2) is 0 Å². The molecule has 4 aromatic carbocycles. The molecule has 192 valence electrons. The Labute approximate surface area is 217 Å². The lowest BCUT2D eigenvalue weighted by Gasteiger charge is -2.30. The fourth-order valence-corrected chi connectivity index (χ4v) is 5.84. The third kappa shape index (κ3) is 6.08. The van der Waals surface area contributed by atoms with Crippen molar-refractivity contribution in [2.75, 3.05) is 11.4 Å². The van der Waals surface area contributed by atoms with Gasteiger partial charge in [-0.1, -0.05) is 84.9 Å². The summed E-state index contributed by atoms with van der Waals surface area (Å²) in [5, 5.41) is 0. The topological polar surface area (TPSA) is 112 Å². The lowest BCUT2D eigenvalue weighted by atomic mass is 9.84. The summed E-state index contributed by atoms with van der Waals surface area (Å²) in [7, 11) is -9.55. The smallest absolute Gasteiger partial charge is 0.294 e. The van der Waals surface area contributed by atoms with Crippen molar-refractivity contribution in [1.82, 2.24) is 0 Å². The highest BCUT2D eigenvalue weighted by atomic mass is 32.2. The van der Waals surface area contributed by atoms with Gasteiger partial charge in [-0.3, -0.25) is 9.11 Å². The van der Waals surface area contributed by atoms with Gasteiger partial charge in [-0.25, -0.2) is 0 Å². The first-order chi connectivity index (χ1) is 17.6. The van der Waals surface area contributed by atoms with E-state index < -0.39 is 35.9 Å². The zero-order chi connectivity index (χ0) is 26.6. The minimum absolute atomic E-state index is 0.185. The molecule has 0 aromatic heterocycles. The lowest BCUT2D eigenvalue weighted by molar-refractivity contribution is 0.480. The number of anilines is 1. The number of para-hydroxylation sites is 1. The predicted molar refractivity (Wildman–Crippen MR) is 143 cm³/mol. The van der Waals surface area contributed by atoms with E-state index in [-0.39, 0.29) is 5.56 Å². The average molecular weight is 538 g/mol. The molecule has 4 rings (SSSR count). The number of hydrogen-bond donors (Lipinski definition) is 2. The monoisotopic (exact) mass is 537 g/mol. The van der Waals surface area contributed by atoms with Crippen LogP contribution in [0, 0.1) is 0 Å². The largest absolute Gasteiger partial charge is 0.367 e. The quantitative estimate of drug-likeness (QED) is 0.218. The molecule has 0 radical (unpaired) electrons. The third-order valence-electron chi connectivity index (χ3n) is 6.19. The van der Waals surface area contributed by atoms with Crippen molar-refractivity contribution >= 4 is 25.9 Å². The number of nitrogens with zero attached hydrogens (tertiary/aromatic N) is 1. The maximum atomic E-state index is 12.5. The van der Waals surface area contributed by atoms with Gasteiger partial charge in [-0.05, 0) is 47.4 Å². The van der Waals surface area contributed by atoms with Crippen LogP contribution in [0.2, 0.25) is 0 Å². The molecule has 0 amide bonds. The number of rotatable bonds is 9. The first-order valence-corrected chi connectivity index (χ1v) is 14.5. The average Bonchev–Trinajstić information content (AvgIpc) is 2.88. The van der Waals surface area contributed by atoms with Crippen molar-refractivity contribution in [2.24, 2.45) is 0 Å². The standard InChI is InChI=1S/C28H27NO6S2/c1-2-29(20-21-11-5-3-6-12-21)26-16-10-9-15-24(26)28(22-13-7-4-8-14-22)25-18-17-23(36(30,31)32)19-27(25)37(33,34)35/h3-19,28H,2,20H2,1H3,(H,30,31,32)(H,33,34,35). The Hall–Kier alpha value is -3.50. The summed E-state index contributed by atoms with van der Waals surface area (Å²) < 4.78 is 68.1. The first kappa shape index (κ1) is 26.6. The highest BCUT2D eigenvalue weighted by Gasteiger charge is 2.29. The van der Waals surface area contributed by atoms with Crippen molar-refractivity contribution in [2.45, 2.75) is 29.2 Å². The van der Waals surface area contributed by atoms with E-state index in [0.717, 1.165) is 34.5 Å². The van der Waals surface area contributed by atoms with Crippen LogP contribution < -0.4 is 4.90 Å². The zero-order valence-corrected chi connectivity index (χ0v) is 21.7. The van der Waals surface area contributed by atoms with Gasteiger partial charge in [0.05, 0.1) is 9.79 Å². The van der Waals surface area contributed by atoms with Crippen molar-refractivity contribution in [3.8, 4) is 0 Å². The van der Waals surface area contributed by atoms with E-state index in [1.165, 1.54) is 6.07 Å². The van der Waals surface area contributed by atoms with E-state index in [2.05, 4.69) is 4.90 Å². The molecular formula is C28H27NO6S2. The van der Waals surface area contributed by atoms with Gasteiger partial charge in [-0.15, -0.1) is 0 Å². The van der Waals surface area contributed by atoms with Gasteiger partial charge in [0.1, 0.15) is 0 Å². The van der Waals surface area contributed by atoms with E-state index in [9.17, 15) is 25.9 Å². The minimum atomic E-state index is -4.85. The minimum Gasteiger partial charge on any atom is -0.367 e. The maximum absolute atomic E-state index is 12.5. The van der Waals surface area contributed by atoms with Crippen LogP contribution in [0.1, 0.15) is 35.1 Å². The van der Waals surface area contributed by atoms with E-state index in [4.69, 9.17) is 0 Å². The predicted octanol–water partition coefficient (Wildman–Crippen LogP) is 5.39. The molecule has 2 N–H and O–H groups in total. The molecule has 0 saturated heterocycles. The Bertz CT molecular complexity index is 1590. The van der Waals surface area contributed by atoms with E-state index in [1.807, 2.05) is 91.9 Å². The van der Waals surface area contributed by atoms with E-state index in [1.54, 1.807) is 0 Å². The van der Waals surface area contributed by atoms with Crippen LogP contribution in [0.25, 0.3) is 0 Å². The molecule has 0 aliphatic heterocycles. The van der Waals surface area contributed by atoms with Crippen LogP contribution >= 0.6 is 0 Å². The summed E-state index contributed by atoms with van der Waals surface area (Å²) in [6, 6.07) is 30.0. The highest BCUT2D eigenvalue weighted by molar-refractivity contribution is 7.86. The number of hydrogen-bond acceptors (Lipinski definition) is 5. The molecule has 0 fully saturated rings. The normalized spacial score (nSPS) is 12.7. The molecule has 9 heteroatoms. The van der Waals surface area contributed by atoms with Crippen molar-refractivity contribution in [3.63, 3.8) is 0 Å². The summed E-state index contributed by atoms with van der Waals surface area (Å²) in [4.78, 5) is 0.959. The summed E-state index contributed by atoms with van der Waals surface area (Å²) in [6.07, 6.45) is 0. The Morgan fingerprint density at radius 3 is 1.89 bits per heavy atom. The summed E-state index contributed by atoms with van der Waals surface area (Å²) in [6.45, 7) is 3.31. The lowest BCUT2D eigenvalue weighted by Crippen LogP contribution is -2.24. The van der Waals surface area contributed by atoms with Gasteiger partial charge in [0, 0.05) is 24.7 Å². The molecule has 37 heavy (non-hydrogen) atoms. The molecule has 0 spiro atoms. The molecule has 1 unspecified atom stereocenters. The molecule has 0 bridgehead atoms. The van der Waals surface area contributed by atoms with Crippen molar-refractivity contribution in [3.05, 3.63) is 125 Å². The van der Waals surface area contributed by atoms with Gasteiger partial charge in [-0.2, -0.15) is 16.8 Å². The van der Waals surface area contributed by atoms with Crippen LogP contribution in [0.5, 0.6) is 0 Å². The molecular weight excluding hydrogens is 510 g/mol. The summed E-state index contributed by atoms with van der Waals surface area (Å²) in [5.74, 6) is -0.672. The van der Waals surface area contributed by atoms with Gasteiger partial charge >= 0.3 is 0 Å². The SMILES string of the molecule is CCN(Cc1ccccc1)c1ccccc1C(c1ccccc1)c1ccc(S(=O)(=O)O)cc1S(=O)(=O)O. The van der Waals surface area contributed by atoms with Gasteiger partial charge in [0.25, 0.3) is 20.2 Å². The van der Waals surface area contributed by atoms with Crippen LogP contribution in [0.3, 0.4) is 0 Å². The highest BCUT2D eigenvalue weighted by Crippen LogP contribution is 2.41. The molecule has 0 aliphatic carbocycles. The fourth-order valence-electron chi connectivity index (χ4n) is 4.50. The molecule has 4 aromatic rings. The van der Waals surface area contributed by atoms with Crippen LogP contribution in [0.15, 0.2) is 113 Å². The first-order valence-electron chi connectivity index (χ1n) is 11.6. The van der Waals surface area contributed by atoms with Gasteiger partial charge < -0.3 is 4.90 Å². The zero-order valence-electron chi connectivity index (χ0n) is 20.1. The second-order valence-corrected chi connectivity index (χ2v) is 11.4. The Morgan fingerprint density at radius 2 is 1.30 bits per heavy atom. The van der Waals surface area contributed by atoms with E-state index in [0.29, 0.717) is 13.1 Å². The molecule has 1 atom stereocenters. The Morgan fingerprint density at radius 1 is 0.703 bits per heavy atom. The molecule has 0 saturated carbocycles. The van der Waals surface area contributed by atoms with Crippen molar-refractivity contribution < 1.29 is 25.9 Å². The molecule has 7 nitrogen and oxygen atoms in total. The number of benzene rings is 4. The molecule has 0 heterocycles. The Kier molecular flexibility index (Phi) is 7.79. The summed E-state index contributed by atoms with van der Waals surface area (Å²) >= 11 is 0. The van der Waals surface area contributed by atoms with Gasteiger partial charge in [0.2, 0.25) is 0 Å².